The van der Waals surface area contributed by atoms with E-state index in [1.54, 1.807) is 6.92 Å². The van der Waals surface area contributed by atoms with Crippen molar-refractivity contribution in [1.82, 2.24) is 4.57 Å². The van der Waals surface area contributed by atoms with Crippen LogP contribution in [0.5, 0.6) is 0 Å². The van der Waals surface area contributed by atoms with Crippen molar-refractivity contribution < 1.29 is 9.53 Å². The first kappa shape index (κ1) is 12.0. The molecule has 0 amide bonds. The van der Waals surface area contributed by atoms with Gasteiger partial charge < -0.3 is 9.30 Å². The summed E-state index contributed by atoms with van der Waals surface area (Å²) in [4.78, 5) is 11.5. The SMILES string of the molecule is CCOC(=O)Cn1c(C)cc2cc(Cl)ccc21. The van der Waals surface area contributed by atoms with Crippen molar-refractivity contribution in [3.05, 3.63) is 35.0 Å². The number of fused-ring (bicyclic) bond motifs is 1. The normalized spacial score (nSPS) is 10.8. The zero-order valence-electron chi connectivity index (χ0n) is 9.87. The fourth-order valence-corrected chi connectivity index (χ4v) is 2.11. The Balaban J connectivity index is 2.39. The minimum Gasteiger partial charge on any atom is -0.465 e. The van der Waals surface area contributed by atoms with E-state index in [-0.39, 0.29) is 12.5 Å². The van der Waals surface area contributed by atoms with E-state index in [9.17, 15) is 4.79 Å². The molecule has 1 aromatic heterocycles. The van der Waals surface area contributed by atoms with Gasteiger partial charge in [-0.25, -0.2) is 0 Å². The van der Waals surface area contributed by atoms with Crippen molar-refractivity contribution in [2.24, 2.45) is 0 Å². The van der Waals surface area contributed by atoms with Gasteiger partial charge in [0.15, 0.2) is 0 Å². The maximum Gasteiger partial charge on any atom is 0.325 e. The molecule has 2 rings (SSSR count). The van der Waals surface area contributed by atoms with Gasteiger partial charge in [-0.3, -0.25) is 4.79 Å². The molecule has 4 heteroatoms. The van der Waals surface area contributed by atoms with E-state index < -0.39 is 0 Å². The number of rotatable bonds is 3. The number of hydrogen-bond acceptors (Lipinski definition) is 2. The summed E-state index contributed by atoms with van der Waals surface area (Å²) >= 11 is 5.93. The molecule has 0 atom stereocenters. The Hall–Kier alpha value is -1.48. The second-order valence-electron chi connectivity index (χ2n) is 3.88. The molecule has 0 aliphatic carbocycles. The molecule has 2 aromatic rings. The summed E-state index contributed by atoms with van der Waals surface area (Å²) in [6, 6.07) is 7.65. The standard InChI is InChI=1S/C13H14ClNO2/c1-3-17-13(16)8-15-9(2)6-10-7-11(14)4-5-12(10)15/h4-7H,3,8H2,1-2H3. The first-order chi connectivity index (χ1) is 8.11. The topological polar surface area (TPSA) is 31.2 Å². The molecule has 0 N–H and O–H groups in total. The van der Waals surface area contributed by atoms with Gasteiger partial charge in [-0.05, 0) is 38.1 Å². The summed E-state index contributed by atoms with van der Waals surface area (Å²) in [5.41, 5.74) is 2.02. The highest BCUT2D eigenvalue weighted by atomic mass is 35.5. The third-order valence-electron chi connectivity index (χ3n) is 2.66. The third-order valence-corrected chi connectivity index (χ3v) is 2.90. The lowest BCUT2D eigenvalue weighted by Gasteiger charge is -2.07. The highest BCUT2D eigenvalue weighted by molar-refractivity contribution is 6.31. The van der Waals surface area contributed by atoms with Crippen molar-refractivity contribution in [2.75, 3.05) is 6.61 Å². The molecule has 0 unspecified atom stereocenters. The lowest BCUT2D eigenvalue weighted by molar-refractivity contribution is -0.143. The number of carbonyl (C=O) groups is 1. The van der Waals surface area contributed by atoms with Crippen LogP contribution in [0.4, 0.5) is 0 Å². The highest BCUT2D eigenvalue weighted by Crippen LogP contribution is 2.23. The summed E-state index contributed by atoms with van der Waals surface area (Å²) in [5.74, 6) is -0.219. The smallest absolute Gasteiger partial charge is 0.325 e. The zero-order valence-corrected chi connectivity index (χ0v) is 10.6. The largest absolute Gasteiger partial charge is 0.465 e. The van der Waals surface area contributed by atoms with Crippen LogP contribution in [0.2, 0.25) is 5.02 Å². The van der Waals surface area contributed by atoms with E-state index in [0.29, 0.717) is 11.6 Å². The first-order valence-corrected chi connectivity index (χ1v) is 5.90. The number of halogens is 1. The molecule has 90 valence electrons. The highest BCUT2D eigenvalue weighted by Gasteiger charge is 2.10. The number of esters is 1. The number of carbonyl (C=O) groups excluding carboxylic acids is 1. The molecule has 0 aliphatic heterocycles. The minimum atomic E-state index is -0.219. The molecule has 0 radical (unpaired) electrons. The Labute approximate surface area is 105 Å². The third kappa shape index (κ3) is 2.44. The summed E-state index contributed by atoms with van der Waals surface area (Å²) < 4.78 is 6.89. The predicted molar refractivity (Wildman–Crippen MR) is 68.3 cm³/mol. The van der Waals surface area contributed by atoms with Gasteiger partial charge in [0.05, 0.1) is 6.61 Å². The Bertz CT molecular complexity index is 560. The van der Waals surface area contributed by atoms with E-state index in [2.05, 4.69) is 0 Å². The van der Waals surface area contributed by atoms with E-state index in [0.717, 1.165) is 16.6 Å². The van der Waals surface area contributed by atoms with Gasteiger partial charge in [0.2, 0.25) is 0 Å². The number of nitrogens with zero attached hydrogens (tertiary/aromatic N) is 1. The summed E-state index contributed by atoms with van der Waals surface area (Å²) in [5, 5.41) is 1.74. The van der Waals surface area contributed by atoms with E-state index in [4.69, 9.17) is 16.3 Å². The lowest BCUT2D eigenvalue weighted by Crippen LogP contribution is -2.14. The van der Waals surface area contributed by atoms with Gasteiger partial charge in [-0.2, -0.15) is 0 Å². The quantitative estimate of drug-likeness (QED) is 0.785. The van der Waals surface area contributed by atoms with Crippen LogP contribution < -0.4 is 0 Å². The molecular formula is C13H14ClNO2. The van der Waals surface area contributed by atoms with E-state index >= 15 is 0 Å². The van der Waals surface area contributed by atoms with Gasteiger partial charge in [0.1, 0.15) is 6.54 Å². The van der Waals surface area contributed by atoms with Crippen LogP contribution in [0, 0.1) is 6.92 Å². The van der Waals surface area contributed by atoms with Crippen LogP contribution in [-0.2, 0) is 16.1 Å². The first-order valence-electron chi connectivity index (χ1n) is 5.53. The Kier molecular flexibility index (Phi) is 3.38. The molecule has 0 saturated carbocycles. The molecule has 0 saturated heterocycles. The fourth-order valence-electron chi connectivity index (χ4n) is 1.93. The van der Waals surface area contributed by atoms with Crippen molar-refractivity contribution >= 4 is 28.5 Å². The molecule has 3 nitrogen and oxygen atoms in total. The number of aryl methyl sites for hydroxylation is 1. The molecule has 1 aromatic carbocycles. The van der Waals surface area contributed by atoms with Crippen molar-refractivity contribution in [1.29, 1.82) is 0 Å². The average Bonchev–Trinajstić information content (AvgIpc) is 2.55. The van der Waals surface area contributed by atoms with Crippen LogP contribution >= 0.6 is 11.6 Å². The maximum atomic E-state index is 11.5. The van der Waals surface area contributed by atoms with Crippen molar-refractivity contribution in [3.8, 4) is 0 Å². The summed E-state index contributed by atoms with van der Waals surface area (Å²) in [6.45, 7) is 4.42. The number of aromatic nitrogens is 1. The molecule has 0 bridgehead atoms. The summed E-state index contributed by atoms with van der Waals surface area (Å²) in [6.07, 6.45) is 0. The molecule has 1 heterocycles. The Morgan fingerprint density at radius 3 is 2.88 bits per heavy atom. The molecule has 0 spiro atoms. The van der Waals surface area contributed by atoms with Crippen LogP contribution in [0.25, 0.3) is 10.9 Å². The minimum absolute atomic E-state index is 0.219. The predicted octanol–water partition coefficient (Wildman–Crippen LogP) is 3.17. The molecule has 17 heavy (non-hydrogen) atoms. The Morgan fingerprint density at radius 2 is 2.18 bits per heavy atom. The van der Waals surface area contributed by atoms with Crippen molar-refractivity contribution in [3.63, 3.8) is 0 Å². The van der Waals surface area contributed by atoms with Gasteiger partial charge in [-0.1, -0.05) is 11.6 Å². The maximum absolute atomic E-state index is 11.5. The second-order valence-corrected chi connectivity index (χ2v) is 4.32. The molecule has 0 fully saturated rings. The second kappa shape index (κ2) is 4.80. The van der Waals surface area contributed by atoms with E-state index in [1.807, 2.05) is 35.8 Å². The van der Waals surface area contributed by atoms with Gasteiger partial charge >= 0.3 is 5.97 Å². The van der Waals surface area contributed by atoms with Crippen LogP contribution in [-0.4, -0.2) is 17.1 Å². The van der Waals surface area contributed by atoms with E-state index in [1.165, 1.54) is 0 Å². The van der Waals surface area contributed by atoms with Crippen LogP contribution in [0.3, 0.4) is 0 Å². The zero-order chi connectivity index (χ0) is 12.4. The average molecular weight is 252 g/mol. The monoisotopic (exact) mass is 251 g/mol. The number of benzene rings is 1. The van der Waals surface area contributed by atoms with Gasteiger partial charge in [0, 0.05) is 21.6 Å². The van der Waals surface area contributed by atoms with Gasteiger partial charge in [-0.15, -0.1) is 0 Å². The van der Waals surface area contributed by atoms with Crippen molar-refractivity contribution in [2.45, 2.75) is 20.4 Å². The molecular weight excluding hydrogens is 238 g/mol. The summed E-state index contributed by atoms with van der Waals surface area (Å²) in [7, 11) is 0. The molecule has 0 aliphatic rings. The number of ether oxygens (including phenoxy) is 1. The number of hydrogen-bond donors (Lipinski definition) is 0. The fraction of sp³-hybridized carbons (Fsp3) is 0.308. The van der Waals surface area contributed by atoms with Gasteiger partial charge in [0.25, 0.3) is 0 Å². The van der Waals surface area contributed by atoms with Crippen LogP contribution in [0.15, 0.2) is 24.3 Å². The lowest BCUT2D eigenvalue weighted by atomic mass is 10.2. The van der Waals surface area contributed by atoms with Crippen LogP contribution in [0.1, 0.15) is 12.6 Å². The Morgan fingerprint density at radius 1 is 1.41 bits per heavy atom.